The van der Waals surface area contributed by atoms with Crippen molar-refractivity contribution in [3.8, 4) is 0 Å². The van der Waals surface area contributed by atoms with Crippen molar-refractivity contribution in [2.24, 2.45) is 13.0 Å². The molecule has 2 aromatic rings. The number of benzene rings is 1. The Hall–Kier alpha value is -2.18. The SMILES string of the molecule is CC(C)c1cc(C(=O)N(C)CC2CNNC2c2ccccc2)n(C)n1. The van der Waals surface area contributed by atoms with E-state index >= 15 is 0 Å². The standard InChI is InChI=1S/C19H27N5O/c1-13(2)16-10-17(24(4)22-16)19(25)23(3)12-15-11-20-21-18(15)14-8-6-5-7-9-14/h5-10,13,15,18,20-21H,11-12H2,1-4H3. The third-order valence-electron chi connectivity index (χ3n) is 4.82. The van der Waals surface area contributed by atoms with Gasteiger partial charge in [0.15, 0.2) is 0 Å². The van der Waals surface area contributed by atoms with E-state index in [1.807, 2.05) is 38.4 Å². The summed E-state index contributed by atoms with van der Waals surface area (Å²) >= 11 is 0. The highest BCUT2D eigenvalue weighted by Gasteiger charge is 2.30. The van der Waals surface area contributed by atoms with E-state index in [0.29, 0.717) is 24.1 Å². The Bertz CT molecular complexity index is 725. The number of carbonyl (C=O) groups is 1. The van der Waals surface area contributed by atoms with Gasteiger partial charge in [-0.1, -0.05) is 44.2 Å². The summed E-state index contributed by atoms with van der Waals surface area (Å²) in [5, 5.41) is 4.45. The first kappa shape index (κ1) is 17.6. The highest BCUT2D eigenvalue weighted by Crippen LogP contribution is 2.25. The molecule has 1 aromatic heterocycles. The van der Waals surface area contributed by atoms with E-state index in [1.165, 1.54) is 5.56 Å². The van der Waals surface area contributed by atoms with Gasteiger partial charge in [-0.05, 0) is 17.5 Å². The summed E-state index contributed by atoms with van der Waals surface area (Å²) in [6.07, 6.45) is 0. The molecule has 2 heterocycles. The quantitative estimate of drug-likeness (QED) is 0.874. The second-order valence-electron chi connectivity index (χ2n) is 7.09. The average molecular weight is 341 g/mol. The number of hydrazine groups is 1. The lowest BCUT2D eigenvalue weighted by Gasteiger charge is -2.25. The molecule has 1 aliphatic rings. The Morgan fingerprint density at radius 3 is 2.72 bits per heavy atom. The van der Waals surface area contributed by atoms with Gasteiger partial charge < -0.3 is 4.90 Å². The molecular formula is C19H27N5O. The molecule has 134 valence electrons. The van der Waals surface area contributed by atoms with Crippen LogP contribution < -0.4 is 10.9 Å². The van der Waals surface area contributed by atoms with Gasteiger partial charge in [0.2, 0.25) is 0 Å². The van der Waals surface area contributed by atoms with E-state index in [2.05, 4.69) is 41.9 Å². The van der Waals surface area contributed by atoms with E-state index in [9.17, 15) is 4.79 Å². The Labute approximate surface area is 149 Å². The van der Waals surface area contributed by atoms with E-state index in [-0.39, 0.29) is 11.9 Å². The van der Waals surface area contributed by atoms with Crippen molar-refractivity contribution >= 4 is 5.91 Å². The second kappa shape index (κ2) is 7.37. The van der Waals surface area contributed by atoms with Crippen molar-refractivity contribution in [1.82, 2.24) is 25.5 Å². The number of hydrogen-bond donors (Lipinski definition) is 2. The molecule has 1 fully saturated rings. The lowest BCUT2D eigenvalue weighted by atomic mass is 9.94. The minimum absolute atomic E-state index is 0.0145. The van der Waals surface area contributed by atoms with Crippen molar-refractivity contribution in [2.45, 2.75) is 25.8 Å². The van der Waals surface area contributed by atoms with Crippen LogP contribution in [-0.2, 0) is 7.05 Å². The molecule has 3 rings (SSSR count). The minimum atomic E-state index is 0.0145. The zero-order chi connectivity index (χ0) is 18.0. The van der Waals surface area contributed by atoms with Crippen LogP contribution >= 0.6 is 0 Å². The van der Waals surface area contributed by atoms with E-state index in [4.69, 9.17) is 0 Å². The predicted octanol–water partition coefficient (Wildman–Crippen LogP) is 2.08. The van der Waals surface area contributed by atoms with Gasteiger partial charge in [-0.2, -0.15) is 5.10 Å². The average Bonchev–Trinajstić information content (AvgIpc) is 3.21. The largest absolute Gasteiger partial charge is 0.340 e. The van der Waals surface area contributed by atoms with E-state index in [1.54, 1.807) is 9.58 Å². The zero-order valence-corrected chi connectivity index (χ0v) is 15.4. The molecule has 1 amide bonds. The molecule has 1 aromatic carbocycles. The van der Waals surface area contributed by atoms with Crippen LogP contribution in [0.2, 0.25) is 0 Å². The maximum atomic E-state index is 12.9. The van der Waals surface area contributed by atoms with Gasteiger partial charge in [-0.25, -0.2) is 5.43 Å². The first-order chi connectivity index (χ1) is 12.0. The Morgan fingerprint density at radius 1 is 1.36 bits per heavy atom. The molecule has 0 bridgehead atoms. The van der Waals surface area contributed by atoms with Crippen LogP contribution in [0.15, 0.2) is 36.4 Å². The first-order valence-corrected chi connectivity index (χ1v) is 8.80. The zero-order valence-electron chi connectivity index (χ0n) is 15.4. The predicted molar refractivity (Wildman–Crippen MR) is 98.1 cm³/mol. The summed E-state index contributed by atoms with van der Waals surface area (Å²) in [5.41, 5.74) is 9.39. The fourth-order valence-corrected chi connectivity index (χ4v) is 3.32. The van der Waals surface area contributed by atoms with Crippen molar-refractivity contribution in [3.05, 3.63) is 53.3 Å². The maximum Gasteiger partial charge on any atom is 0.271 e. The highest BCUT2D eigenvalue weighted by atomic mass is 16.2. The maximum absolute atomic E-state index is 12.9. The van der Waals surface area contributed by atoms with E-state index in [0.717, 1.165) is 12.2 Å². The van der Waals surface area contributed by atoms with Crippen LogP contribution in [0.3, 0.4) is 0 Å². The van der Waals surface area contributed by atoms with Crippen LogP contribution in [-0.4, -0.2) is 40.7 Å². The van der Waals surface area contributed by atoms with Gasteiger partial charge in [-0.15, -0.1) is 0 Å². The van der Waals surface area contributed by atoms with Crippen molar-refractivity contribution < 1.29 is 4.79 Å². The summed E-state index contributed by atoms with van der Waals surface area (Å²) in [6, 6.07) is 12.5. The number of nitrogens with one attached hydrogen (secondary N) is 2. The number of aryl methyl sites for hydroxylation is 1. The fraction of sp³-hybridized carbons (Fsp3) is 0.474. The Balaban J connectivity index is 1.71. The second-order valence-corrected chi connectivity index (χ2v) is 7.09. The molecular weight excluding hydrogens is 314 g/mol. The molecule has 0 radical (unpaired) electrons. The van der Waals surface area contributed by atoms with Crippen molar-refractivity contribution in [3.63, 3.8) is 0 Å². The van der Waals surface area contributed by atoms with Crippen LogP contribution in [0.5, 0.6) is 0 Å². The Morgan fingerprint density at radius 2 is 2.08 bits per heavy atom. The molecule has 6 nitrogen and oxygen atoms in total. The third kappa shape index (κ3) is 3.75. The number of rotatable bonds is 5. The van der Waals surface area contributed by atoms with Crippen molar-refractivity contribution in [2.75, 3.05) is 20.1 Å². The molecule has 0 spiro atoms. The van der Waals surface area contributed by atoms with Crippen LogP contribution in [0.4, 0.5) is 0 Å². The van der Waals surface area contributed by atoms with Crippen LogP contribution in [0, 0.1) is 5.92 Å². The van der Waals surface area contributed by atoms with Gasteiger partial charge in [0, 0.05) is 33.1 Å². The molecule has 1 saturated heterocycles. The number of aromatic nitrogens is 2. The normalized spacial score (nSPS) is 20.2. The minimum Gasteiger partial charge on any atom is -0.340 e. The number of amides is 1. The monoisotopic (exact) mass is 341 g/mol. The smallest absolute Gasteiger partial charge is 0.271 e. The van der Waals surface area contributed by atoms with Gasteiger partial charge in [0.1, 0.15) is 5.69 Å². The highest BCUT2D eigenvalue weighted by molar-refractivity contribution is 5.92. The molecule has 1 aliphatic heterocycles. The van der Waals surface area contributed by atoms with Gasteiger partial charge in [0.05, 0.1) is 11.7 Å². The summed E-state index contributed by atoms with van der Waals surface area (Å²) in [4.78, 5) is 14.7. The summed E-state index contributed by atoms with van der Waals surface area (Å²) < 4.78 is 1.69. The lowest BCUT2D eigenvalue weighted by molar-refractivity contribution is 0.0760. The van der Waals surface area contributed by atoms with E-state index < -0.39 is 0 Å². The first-order valence-electron chi connectivity index (χ1n) is 8.80. The lowest BCUT2D eigenvalue weighted by Crippen LogP contribution is -2.35. The summed E-state index contributed by atoms with van der Waals surface area (Å²) in [5.74, 6) is 0.638. The number of carbonyl (C=O) groups excluding carboxylic acids is 1. The number of hydrogen-bond acceptors (Lipinski definition) is 4. The summed E-state index contributed by atoms with van der Waals surface area (Å²) in [6.45, 7) is 5.68. The Kier molecular flexibility index (Phi) is 5.20. The van der Waals surface area contributed by atoms with Gasteiger partial charge >= 0.3 is 0 Å². The van der Waals surface area contributed by atoms with Crippen molar-refractivity contribution in [1.29, 1.82) is 0 Å². The molecule has 0 saturated carbocycles. The van der Waals surface area contributed by atoms with Gasteiger partial charge in [0.25, 0.3) is 5.91 Å². The number of nitrogens with zero attached hydrogens (tertiary/aromatic N) is 3. The van der Waals surface area contributed by atoms with Crippen LogP contribution in [0.1, 0.15) is 47.6 Å². The summed E-state index contributed by atoms with van der Waals surface area (Å²) in [7, 11) is 3.70. The van der Waals surface area contributed by atoms with Gasteiger partial charge in [-0.3, -0.25) is 14.9 Å². The molecule has 25 heavy (non-hydrogen) atoms. The molecule has 6 heteroatoms. The molecule has 2 atom stereocenters. The topological polar surface area (TPSA) is 62.2 Å². The fourth-order valence-electron chi connectivity index (χ4n) is 3.32. The van der Waals surface area contributed by atoms with Crippen LogP contribution in [0.25, 0.3) is 0 Å². The molecule has 0 aliphatic carbocycles. The molecule has 2 unspecified atom stereocenters. The third-order valence-corrected chi connectivity index (χ3v) is 4.82. The molecule has 2 N–H and O–H groups in total.